The molecule has 1 aromatic rings. The summed E-state index contributed by atoms with van der Waals surface area (Å²) in [4.78, 5) is 18.2. The van der Waals surface area contributed by atoms with Crippen LogP contribution in [-0.4, -0.2) is 29.1 Å². The van der Waals surface area contributed by atoms with E-state index < -0.39 is 0 Å². The molecule has 6 heteroatoms. The molecule has 1 aliphatic heterocycles. The topological polar surface area (TPSA) is 32.7 Å². The zero-order valence-electron chi connectivity index (χ0n) is 10.8. The van der Waals surface area contributed by atoms with E-state index in [1.165, 1.54) is 17.8 Å². The van der Waals surface area contributed by atoms with E-state index in [1.807, 2.05) is 0 Å². The van der Waals surface area contributed by atoms with Crippen LogP contribution in [0.2, 0.25) is 5.02 Å². The maximum absolute atomic E-state index is 13.7. The first-order chi connectivity index (χ1) is 9.66. The summed E-state index contributed by atoms with van der Waals surface area (Å²) in [5.41, 5.74) is 0.465. The van der Waals surface area contributed by atoms with E-state index in [2.05, 4.69) is 4.99 Å². The molecular weight excluding hydrogens is 299 g/mol. The lowest BCUT2D eigenvalue weighted by Gasteiger charge is -2.17. The van der Waals surface area contributed by atoms with E-state index in [0.717, 1.165) is 12.8 Å². The third-order valence-electron chi connectivity index (χ3n) is 3.40. The number of hydrogen-bond donors (Lipinski definition) is 0. The molecule has 0 bridgehead atoms. The minimum Gasteiger partial charge on any atom is -0.289 e. The molecular formula is C14H14ClFN2OS. The van der Waals surface area contributed by atoms with Crippen LogP contribution in [0.4, 0.5) is 4.39 Å². The van der Waals surface area contributed by atoms with Gasteiger partial charge in [0, 0.05) is 28.8 Å². The lowest BCUT2D eigenvalue weighted by Crippen LogP contribution is -2.33. The Labute approximate surface area is 126 Å². The highest BCUT2D eigenvalue weighted by atomic mass is 35.5. The number of thioether (sulfide) groups is 1. The Kier molecular flexibility index (Phi) is 3.98. The molecule has 0 spiro atoms. The molecule has 0 radical (unpaired) electrons. The Bertz CT molecular complexity index is 554. The molecule has 1 aromatic carbocycles. The standard InChI is InChI=1S/C14H14ClFN2OS/c15-11-2-1-3-12(16)10(11)8-20-14-17-6-7-18(14)13(19)9-4-5-9/h1-3,9H,4-8H2. The van der Waals surface area contributed by atoms with Gasteiger partial charge >= 0.3 is 0 Å². The van der Waals surface area contributed by atoms with Crippen molar-refractivity contribution in [3.63, 3.8) is 0 Å². The van der Waals surface area contributed by atoms with Crippen LogP contribution in [0.5, 0.6) is 0 Å². The number of aliphatic imine (C=N–C) groups is 1. The molecule has 0 unspecified atom stereocenters. The van der Waals surface area contributed by atoms with Crippen molar-refractivity contribution in [1.82, 2.24) is 4.90 Å². The summed E-state index contributed by atoms with van der Waals surface area (Å²) in [6, 6.07) is 4.65. The Hall–Kier alpha value is -1.07. The molecule has 0 atom stereocenters. The number of carbonyl (C=O) groups excluding carboxylic acids is 1. The summed E-state index contributed by atoms with van der Waals surface area (Å²) in [7, 11) is 0. The number of amides is 1. The highest BCUT2D eigenvalue weighted by molar-refractivity contribution is 8.13. The minimum atomic E-state index is -0.316. The lowest BCUT2D eigenvalue weighted by molar-refractivity contribution is -0.128. The van der Waals surface area contributed by atoms with Gasteiger partial charge in [0.1, 0.15) is 5.82 Å². The number of benzene rings is 1. The van der Waals surface area contributed by atoms with Gasteiger partial charge in [0.15, 0.2) is 5.17 Å². The third-order valence-corrected chi connectivity index (χ3v) is 4.80. The number of halogens is 2. The van der Waals surface area contributed by atoms with Crippen molar-refractivity contribution in [2.75, 3.05) is 13.1 Å². The van der Waals surface area contributed by atoms with Gasteiger partial charge in [-0.05, 0) is 25.0 Å². The Morgan fingerprint density at radius 1 is 1.50 bits per heavy atom. The highest BCUT2D eigenvalue weighted by Crippen LogP contribution is 2.33. The average Bonchev–Trinajstić information content (AvgIpc) is 3.17. The van der Waals surface area contributed by atoms with Gasteiger partial charge in [-0.2, -0.15) is 0 Å². The van der Waals surface area contributed by atoms with Crippen molar-refractivity contribution in [2.45, 2.75) is 18.6 Å². The minimum absolute atomic E-state index is 0.161. The molecule has 3 rings (SSSR count). The fraction of sp³-hybridized carbons (Fsp3) is 0.429. The second kappa shape index (κ2) is 5.74. The number of hydrogen-bond acceptors (Lipinski definition) is 3. The first kappa shape index (κ1) is 13.9. The third kappa shape index (κ3) is 2.83. The molecule has 1 amide bonds. The Balaban J connectivity index is 1.67. The van der Waals surface area contributed by atoms with Gasteiger partial charge in [0.25, 0.3) is 0 Å². The fourth-order valence-corrected chi connectivity index (χ4v) is 3.51. The normalized spacial score (nSPS) is 18.3. The molecule has 1 saturated carbocycles. The van der Waals surface area contributed by atoms with E-state index in [9.17, 15) is 9.18 Å². The number of amidine groups is 1. The Morgan fingerprint density at radius 3 is 3.00 bits per heavy atom. The number of rotatable bonds is 3. The summed E-state index contributed by atoms with van der Waals surface area (Å²) < 4.78 is 13.7. The van der Waals surface area contributed by atoms with Gasteiger partial charge in [-0.3, -0.25) is 14.7 Å². The van der Waals surface area contributed by atoms with Crippen molar-refractivity contribution in [3.8, 4) is 0 Å². The summed E-state index contributed by atoms with van der Waals surface area (Å²) in [6.45, 7) is 1.27. The number of carbonyl (C=O) groups is 1. The molecule has 0 saturated heterocycles. The lowest BCUT2D eigenvalue weighted by atomic mass is 10.2. The van der Waals surface area contributed by atoms with Gasteiger partial charge in [0.05, 0.1) is 6.54 Å². The first-order valence-corrected chi connectivity index (χ1v) is 7.94. The first-order valence-electron chi connectivity index (χ1n) is 6.58. The van der Waals surface area contributed by atoms with Crippen LogP contribution in [0.1, 0.15) is 18.4 Å². The van der Waals surface area contributed by atoms with Crippen molar-refractivity contribution in [3.05, 3.63) is 34.6 Å². The molecule has 1 aliphatic carbocycles. The van der Waals surface area contributed by atoms with E-state index in [1.54, 1.807) is 17.0 Å². The second-order valence-corrected chi connectivity index (χ2v) is 6.27. The summed E-state index contributed by atoms with van der Waals surface area (Å²) in [6.07, 6.45) is 1.96. The Morgan fingerprint density at radius 2 is 2.30 bits per heavy atom. The fourth-order valence-electron chi connectivity index (χ4n) is 2.11. The summed E-state index contributed by atoms with van der Waals surface area (Å²) in [5, 5.41) is 1.11. The molecule has 1 heterocycles. The smallest absolute Gasteiger partial charge is 0.231 e. The average molecular weight is 313 g/mol. The van der Waals surface area contributed by atoms with Crippen LogP contribution < -0.4 is 0 Å². The maximum atomic E-state index is 13.7. The number of nitrogens with zero attached hydrogens (tertiary/aromatic N) is 2. The predicted octanol–water partition coefficient (Wildman–Crippen LogP) is 3.32. The second-order valence-electron chi connectivity index (χ2n) is 4.92. The van der Waals surface area contributed by atoms with Crippen LogP contribution in [0.15, 0.2) is 23.2 Å². The zero-order valence-corrected chi connectivity index (χ0v) is 12.4. The van der Waals surface area contributed by atoms with Crippen LogP contribution >= 0.6 is 23.4 Å². The van der Waals surface area contributed by atoms with E-state index in [-0.39, 0.29) is 17.6 Å². The van der Waals surface area contributed by atoms with Crippen LogP contribution in [0.3, 0.4) is 0 Å². The largest absolute Gasteiger partial charge is 0.289 e. The van der Waals surface area contributed by atoms with Crippen molar-refractivity contribution in [1.29, 1.82) is 0 Å². The molecule has 2 aliphatic rings. The quantitative estimate of drug-likeness (QED) is 0.857. The van der Waals surface area contributed by atoms with Crippen molar-refractivity contribution in [2.24, 2.45) is 10.9 Å². The summed E-state index contributed by atoms with van der Waals surface area (Å²) in [5.74, 6) is 0.409. The van der Waals surface area contributed by atoms with Gasteiger partial charge in [0.2, 0.25) is 5.91 Å². The van der Waals surface area contributed by atoms with Crippen molar-refractivity contribution < 1.29 is 9.18 Å². The molecule has 106 valence electrons. The van der Waals surface area contributed by atoms with Crippen molar-refractivity contribution >= 4 is 34.4 Å². The van der Waals surface area contributed by atoms with E-state index >= 15 is 0 Å². The van der Waals surface area contributed by atoms with Gasteiger partial charge < -0.3 is 0 Å². The van der Waals surface area contributed by atoms with Crippen LogP contribution in [0, 0.1) is 11.7 Å². The van der Waals surface area contributed by atoms with Gasteiger partial charge in [-0.1, -0.05) is 29.4 Å². The molecule has 0 N–H and O–H groups in total. The molecule has 3 nitrogen and oxygen atoms in total. The van der Waals surface area contributed by atoms with E-state index in [4.69, 9.17) is 11.6 Å². The summed E-state index contributed by atoms with van der Waals surface area (Å²) >= 11 is 7.38. The SMILES string of the molecule is O=C(C1CC1)N1CCN=C1SCc1c(F)cccc1Cl. The van der Waals surface area contributed by atoms with Gasteiger partial charge in [-0.25, -0.2) is 4.39 Å². The van der Waals surface area contributed by atoms with Crippen LogP contribution in [0.25, 0.3) is 0 Å². The molecule has 20 heavy (non-hydrogen) atoms. The van der Waals surface area contributed by atoms with Crippen LogP contribution in [-0.2, 0) is 10.5 Å². The van der Waals surface area contributed by atoms with E-state index in [0.29, 0.717) is 34.6 Å². The van der Waals surface area contributed by atoms with Gasteiger partial charge in [-0.15, -0.1) is 0 Å². The molecule has 1 fully saturated rings. The predicted molar refractivity (Wildman–Crippen MR) is 79.4 cm³/mol. The molecule has 0 aromatic heterocycles. The maximum Gasteiger partial charge on any atom is 0.231 e. The monoisotopic (exact) mass is 312 g/mol. The zero-order chi connectivity index (χ0) is 14.1. The highest BCUT2D eigenvalue weighted by Gasteiger charge is 2.36.